The third-order valence-corrected chi connectivity index (χ3v) is 1.72. The highest BCUT2D eigenvalue weighted by Crippen LogP contribution is 2.12. The molecule has 0 fully saturated rings. The monoisotopic (exact) mass is 242 g/mol. The Kier molecular flexibility index (Phi) is 5.06. The van der Waals surface area contributed by atoms with Crippen molar-refractivity contribution in [3.8, 4) is 5.95 Å². The van der Waals surface area contributed by atoms with Crippen LogP contribution in [0.3, 0.4) is 0 Å². The van der Waals surface area contributed by atoms with Crippen molar-refractivity contribution in [3.63, 3.8) is 0 Å². The standard InChI is InChI=1S/C11H14O6/c1-8(12)15-6-10(7-16-9(2)13)17-11-4-3-5-14-11/h3-5,10H,6-7H2,1-2H3. The molecule has 0 aliphatic heterocycles. The molecule has 17 heavy (non-hydrogen) atoms. The third kappa shape index (κ3) is 5.60. The van der Waals surface area contributed by atoms with Gasteiger partial charge in [-0.05, 0) is 6.07 Å². The lowest BCUT2D eigenvalue weighted by Gasteiger charge is -2.16. The van der Waals surface area contributed by atoms with Gasteiger partial charge in [-0.2, -0.15) is 0 Å². The maximum atomic E-state index is 10.7. The first-order valence-electron chi connectivity index (χ1n) is 5.05. The van der Waals surface area contributed by atoms with Crippen LogP contribution in [0.15, 0.2) is 22.8 Å². The predicted octanol–water partition coefficient (Wildman–Crippen LogP) is 1.15. The molecule has 0 spiro atoms. The molecule has 0 radical (unpaired) electrons. The first-order valence-corrected chi connectivity index (χ1v) is 5.05. The van der Waals surface area contributed by atoms with Crippen molar-refractivity contribution in [1.29, 1.82) is 0 Å². The normalized spacial score (nSPS) is 10.1. The van der Waals surface area contributed by atoms with Gasteiger partial charge in [0.15, 0.2) is 6.10 Å². The molecule has 1 heterocycles. The molecule has 0 bridgehead atoms. The topological polar surface area (TPSA) is 75.0 Å². The number of hydrogen-bond acceptors (Lipinski definition) is 6. The van der Waals surface area contributed by atoms with E-state index in [2.05, 4.69) is 0 Å². The molecule has 1 aromatic heterocycles. The van der Waals surface area contributed by atoms with Gasteiger partial charge >= 0.3 is 11.9 Å². The van der Waals surface area contributed by atoms with Crippen molar-refractivity contribution < 1.29 is 28.2 Å². The van der Waals surface area contributed by atoms with Crippen molar-refractivity contribution in [2.45, 2.75) is 20.0 Å². The van der Waals surface area contributed by atoms with Crippen LogP contribution in [0.25, 0.3) is 0 Å². The Hall–Kier alpha value is -1.98. The van der Waals surface area contributed by atoms with Gasteiger partial charge in [-0.15, -0.1) is 0 Å². The molecular formula is C11H14O6. The number of esters is 2. The maximum absolute atomic E-state index is 10.7. The maximum Gasteiger partial charge on any atom is 0.302 e. The third-order valence-electron chi connectivity index (χ3n) is 1.72. The Morgan fingerprint density at radius 1 is 1.24 bits per heavy atom. The zero-order valence-electron chi connectivity index (χ0n) is 9.67. The molecule has 0 amide bonds. The number of ether oxygens (including phenoxy) is 3. The highest BCUT2D eigenvalue weighted by atomic mass is 16.6. The lowest BCUT2D eigenvalue weighted by atomic mass is 10.4. The molecular weight excluding hydrogens is 228 g/mol. The smallest absolute Gasteiger partial charge is 0.302 e. The van der Waals surface area contributed by atoms with Crippen LogP contribution in [0.5, 0.6) is 5.95 Å². The summed E-state index contributed by atoms with van der Waals surface area (Å²) in [6, 6.07) is 3.26. The lowest BCUT2D eigenvalue weighted by molar-refractivity contribution is -0.148. The molecule has 0 aliphatic carbocycles. The number of furan rings is 1. The summed E-state index contributed by atoms with van der Waals surface area (Å²) in [5.41, 5.74) is 0. The van der Waals surface area contributed by atoms with Crippen LogP contribution in [-0.2, 0) is 19.1 Å². The highest BCUT2D eigenvalue weighted by Gasteiger charge is 2.15. The van der Waals surface area contributed by atoms with Gasteiger partial charge in [0.05, 0.1) is 6.26 Å². The number of carbonyl (C=O) groups is 2. The van der Waals surface area contributed by atoms with E-state index >= 15 is 0 Å². The van der Waals surface area contributed by atoms with E-state index in [-0.39, 0.29) is 19.2 Å². The Balaban J connectivity index is 2.45. The molecule has 6 heteroatoms. The fraction of sp³-hybridized carbons (Fsp3) is 0.455. The Morgan fingerprint density at radius 2 is 1.82 bits per heavy atom. The fourth-order valence-electron chi connectivity index (χ4n) is 1.03. The number of hydrogen-bond donors (Lipinski definition) is 0. The van der Waals surface area contributed by atoms with Crippen molar-refractivity contribution in [2.75, 3.05) is 13.2 Å². The zero-order valence-corrected chi connectivity index (χ0v) is 9.67. The summed E-state index contributed by atoms with van der Waals surface area (Å²) in [5.74, 6) is -0.587. The van der Waals surface area contributed by atoms with E-state index in [4.69, 9.17) is 18.6 Å². The summed E-state index contributed by atoms with van der Waals surface area (Å²) in [7, 11) is 0. The highest BCUT2D eigenvalue weighted by molar-refractivity contribution is 5.66. The molecule has 1 aromatic rings. The largest absolute Gasteiger partial charge is 0.462 e. The Bertz CT molecular complexity index is 338. The molecule has 6 nitrogen and oxygen atoms in total. The molecule has 0 aliphatic rings. The van der Waals surface area contributed by atoms with Crippen molar-refractivity contribution >= 4 is 11.9 Å². The van der Waals surface area contributed by atoms with E-state index in [1.54, 1.807) is 12.1 Å². The molecule has 0 atom stereocenters. The molecule has 1 rings (SSSR count). The van der Waals surface area contributed by atoms with Gasteiger partial charge < -0.3 is 18.6 Å². The van der Waals surface area contributed by atoms with Crippen LogP contribution in [0.1, 0.15) is 13.8 Å². The van der Waals surface area contributed by atoms with Gasteiger partial charge in [0.25, 0.3) is 5.95 Å². The minimum absolute atomic E-state index is 0.0106. The molecule has 0 N–H and O–H groups in total. The Labute approximate surface area is 98.4 Å². The van der Waals surface area contributed by atoms with E-state index in [9.17, 15) is 9.59 Å². The van der Waals surface area contributed by atoms with Crippen molar-refractivity contribution in [2.24, 2.45) is 0 Å². The minimum Gasteiger partial charge on any atom is -0.462 e. The van der Waals surface area contributed by atoms with Gasteiger partial charge in [0.2, 0.25) is 0 Å². The molecule has 0 saturated heterocycles. The first-order chi connectivity index (χ1) is 8.08. The quantitative estimate of drug-likeness (QED) is 0.696. The van der Waals surface area contributed by atoms with Crippen LogP contribution in [0.2, 0.25) is 0 Å². The van der Waals surface area contributed by atoms with E-state index < -0.39 is 18.0 Å². The summed E-state index contributed by atoms with van der Waals surface area (Å²) >= 11 is 0. The average molecular weight is 242 g/mol. The number of carbonyl (C=O) groups excluding carboxylic acids is 2. The van der Waals surface area contributed by atoms with E-state index in [1.807, 2.05) is 0 Å². The van der Waals surface area contributed by atoms with E-state index in [0.29, 0.717) is 0 Å². The van der Waals surface area contributed by atoms with E-state index in [0.717, 1.165) is 0 Å². The minimum atomic E-state index is -0.589. The molecule has 94 valence electrons. The summed E-state index contributed by atoms with van der Waals surface area (Å²) in [5, 5.41) is 0. The van der Waals surface area contributed by atoms with Gasteiger partial charge in [-0.1, -0.05) is 0 Å². The first kappa shape index (κ1) is 13.1. The second kappa shape index (κ2) is 6.57. The number of rotatable bonds is 6. The van der Waals surface area contributed by atoms with Crippen molar-refractivity contribution in [1.82, 2.24) is 0 Å². The van der Waals surface area contributed by atoms with Crippen LogP contribution in [0.4, 0.5) is 0 Å². The van der Waals surface area contributed by atoms with Gasteiger partial charge in [-0.3, -0.25) is 9.59 Å². The summed E-state index contributed by atoms with van der Waals surface area (Å²) in [4.78, 5) is 21.4. The van der Waals surface area contributed by atoms with E-state index in [1.165, 1.54) is 20.1 Å². The fourth-order valence-corrected chi connectivity index (χ4v) is 1.03. The summed E-state index contributed by atoms with van der Waals surface area (Å²) in [6.07, 6.45) is 0.860. The van der Waals surface area contributed by atoms with Crippen LogP contribution >= 0.6 is 0 Å². The van der Waals surface area contributed by atoms with Crippen LogP contribution in [-0.4, -0.2) is 31.3 Å². The van der Waals surface area contributed by atoms with Crippen LogP contribution in [0, 0.1) is 0 Å². The SMILES string of the molecule is CC(=O)OCC(COC(C)=O)Oc1ccco1. The van der Waals surface area contributed by atoms with Crippen LogP contribution < -0.4 is 4.74 Å². The van der Waals surface area contributed by atoms with Gasteiger partial charge in [0.1, 0.15) is 13.2 Å². The molecule has 0 aromatic carbocycles. The van der Waals surface area contributed by atoms with Gasteiger partial charge in [0, 0.05) is 19.9 Å². The second-order valence-electron chi connectivity index (χ2n) is 3.28. The second-order valence-corrected chi connectivity index (χ2v) is 3.28. The predicted molar refractivity (Wildman–Crippen MR) is 56.4 cm³/mol. The lowest BCUT2D eigenvalue weighted by Crippen LogP contribution is -2.30. The Morgan fingerprint density at radius 3 is 2.24 bits per heavy atom. The summed E-state index contributed by atoms with van der Waals surface area (Å²) < 4.78 is 19.9. The molecule has 0 saturated carbocycles. The average Bonchev–Trinajstić information content (AvgIpc) is 2.74. The van der Waals surface area contributed by atoms with Gasteiger partial charge in [-0.25, -0.2) is 0 Å². The molecule has 0 unspecified atom stereocenters. The summed E-state index contributed by atoms with van der Waals surface area (Å²) in [6.45, 7) is 2.55. The zero-order chi connectivity index (χ0) is 12.7. The van der Waals surface area contributed by atoms with Crippen molar-refractivity contribution in [3.05, 3.63) is 18.4 Å².